The van der Waals surface area contributed by atoms with Crippen molar-refractivity contribution in [1.29, 1.82) is 0 Å². The zero-order valence-electron chi connectivity index (χ0n) is 16.7. The van der Waals surface area contributed by atoms with Crippen LogP contribution in [0.1, 0.15) is 18.9 Å². The Morgan fingerprint density at radius 2 is 1.68 bits per heavy atom. The van der Waals surface area contributed by atoms with E-state index in [-0.39, 0.29) is 18.0 Å². The second-order valence-corrected chi connectivity index (χ2v) is 6.89. The lowest BCUT2D eigenvalue weighted by Crippen LogP contribution is -2.32. The van der Waals surface area contributed by atoms with Gasteiger partial charge in [0.15, 0.2) is 0 Å². The minimum atomic E-state index is -0.0677. The minimum absolute atomic E-state index is 0.00673. The van der Waals surface area contributed by atoms with E-state index in [1.807, 2.05) is 62.4 Å². The molecule has 0 spiro atoms. The van der Waals surface area contributed by atoms with Crippen LogP contribution in [-0.4, -0.2) is 40.1 Å². The highest BCUT2D eigenvalue weighted by atomic mass is 16.5. The summed E-state index contributed by atoms with van der Waals surface area (Å²) in [4.78, 5) is 26.8. The van der Waals surface area contributed by atoms with Gasteiger partial charge in [0.25, 0.3) is 0 Å². The smallest absolute Gasteiger partial charge is 0.329 e. The molecule has 0 fully saturated rings. The molecule has 6 nitrogen and oxygen atoms in total. The standard InChI is InChI=1S/C22H27N3O3/c1-4-24-19-7-5-6-8-20(19)25(22(24)27)14-13-21(26)23(3)15-16-28-18-11-9-17(2)10-12-18/h5-12H,4,13-16H2,1-3H3. The topological polar surface area (TPSA) is 56.5 Å². The number of aryl methyl sites for hydroxylation is 3. The van der Waals surface area contributed by atoms with Crippen molar-refractivity contribution in [2.75, 3.05) is 20.2 Å². The van der Waals surface area contributed by atoms with Crippen molar-refractivity contribution in [1.82, 2.24) is 14.0 Å². The average molecular weight is 381 g/mol. The van der Waals surface area contributed by atoms with Crippen LogP contribution in [0, 0.1) is 6.92 Å². The summed E-state index contributed by atoms with van der Waals surface area (Å²) in [7, 11) is 1.76. The first kappa shape index (κ1) is 19.7. The Kier molecular flexibility index (Phi) is 6.19. The van der Waals surface area contributed by atoms with E-state index in [9.17, 15) is 9.59 Å². The highest BCUT2D eigenvalue weighted by Gasteiger charge is 2.14. The summed E-state index contributed by atoms with van der Waals surface area (Å²) in [5, 5.41) is 0. The lowest BCUT2D eigenvalue weighted by molar-refractivity contribution is -0.130. The van der Waals surface area contributed by atoms with Crippen molar-refractivity contribution in [3.8, 4) is 5.75 Å². The van der Waals surface area contributed by atoms with Gasteiger partial charge in [0.1, 0.15) is 12.4 Å². The molecule has 0 saturated carbocycles. The maximum absolute atomic E-state index is 12.6. The van der Waals surface area contributed by atoms with Gasteiger partial charge in [0.2, 0.25) is 5.91 Å². The Bertz CT molecular complexity index is 1000. The molecule has 0 radical (unpaired) electrons. The fourth-order valence-electron chi connectivity index (χ4n) is 3.25. The number of amides is 1. The molecule has 3 rings (SSSR count). The molecule has 6 heteroatoms. The van der Waals surface area contributed by atoms with Gasteiger partial charge < -0.3 is 9.64 Å². The molecule has 0 atom stereocenters. The summed E-state index contributed by atoms with van der Waals surface area (Å²) in [5.41, 5.74) is 2.89. The summed E-state index contributed by atoms with van der Waals surface area (Å²) >= 11 is 0. The van der Waals surface area contributed by atoms with Gasteiger partial charge in [0.05, 0.1) is 17.6 Å². The van der Waals surface area contributed by atoms with E-state index in [1.54, 1.807) is 21.1 Å². The molecule has 148 valence electrons. The summed E-state index contributed by atoms with van der Waals surface area (Å²) in [5.74, 6) is 0.790. The lowest BCUT2D eigenvalue weighted by Gasteiger charge is -2.17. The first-order valence-electron chi connectivity index (χ1n) is 9.62. The molecule has 3 aromatic rings. The molecule has 0 aliphatic carbocycles. The SMILES string of the molecule is CCn1c(=O)n(CCC(=O)N(C)CCOc2ccc(C)cc2)c2ccccc21. The maximum Gasteiger partial charge on any atom is 0.329 e. The molecule has 0 N–H and O–H groups in total. The van der Waals surface area contributed by atoms with Gasteiger partial charge in [-0.15, -0.1) is 0 Å². The van der Waals surface area contributed by atoms with Crippen molar-refractivity contribution in [2.24, 2.45) is 0 Å². The van der Waals surface area contributed by atoms with E-state index >= 15 is 0 Å². The van der Waals surface area contributed by atoms with Gasteiger partial charge in [-0.25, -0.2) is 4.79 Å². The lowest BCUT2D eigenvalue weighted by atomic mass is 10.2. The number of imidazole rings is 1. The van der Waals surface area contributed by atoms with E-state index < -0.39 is 0 Å². The number of benzene rings is 2. The predicted octanol–water partition coefficient (Wildman–Crippen LogP) is 3.06. The highest BCUT2D eigenvalue weighted by Crippen LogP contribution is 2.14. The Morgan fingerprint density at radius 1 is 1.04 bits per heavy atom. The number of ether oxygens (including phenoxy) is 1. The van der Waals surface area contributed by atoms with Crippen LogP contribution in [0.15, 0.2) is 53.3 Å². The summed E-state index contributed by atoms with van der Waals surface area (Å²) in [6.45, 7) is 5.88. The number of nitrogens with zero attached hydrogens (tertiary/aromatic N) is 3. The fraction of sp³-hybridized carbons (Fsp3) is 0.364. The van der Waals surface area contributed by atoms with E-state index in [0.29, 0.717) is 26.2 Å². The predicted molar refractivity (Wildman–Crippen MR) is 111 cm³/mol. The number of para-hydroxylation sites is 2. The van der Waals surface area contributed by atoms with Crippen LogP contribution in [0.2, 0.25) is 0 Å². The monoisotopic (exact) mass is 381 g/mol. The second-order valence-electron chi connectivity index (χ2n) is 6.89. The summed E-state index contributed by atoms with van der Waals surface area (Å²) in [6, 6.07) is 15.5. The third kappa shape index (κ3) is 4.27. The van der Waals surface area contributed by atoms with Crippen molar-refractivity contribution in [2.45, 2.75) is 33.4 Å². The van der Waals surface area contributed by atoms with E-state index in [4.69, 9.17) is 4.74 Å². The molecule has 0 aliphatic heterocycles. The fourth-order valence-corrected chi connectivity index (χ4v) is 3.25. The van der Waals surface area contributed by atoms with Gasteiger partial charge in [-0.05, 0) is 38.1 Å². The molecular weight excluding hydrogens is 354 g/mol. The van der Waals surface area contributed by atoms with Crippen LogP contribution >= 0.6 is 0 Å². The largest absolute Gasteiger partial charge is 0.492 e. The van der Waals surface area contributed by atoms with Crippen LogP contribution in [0.3, 0.4) is 0 Å². The highest BCUT2D eigenvalue weighted by molar-refractivity contribution is 5.78. The number of hydrogen-bond acceptors (Lipinski definition) is 3. The first-order valence-corrected chi connectivity index (χ1v) is 9.62. The van der Waals surface area contributed by atoms with E-state index in [2.05, 4.69) is 0 Å². The third-order valence-electron chi connectivity index (χ3n) is 4.93. The summed E-state index contributed by atoms with van der Waals surface area (Å²) < 4.78 is 9.11. The van der Waals surface area contributed by atoms with Crippen molar-refractivity contribution >= 4 is 16.9 Å². The van der Waals surface area contributed by atoms with Gasteiger partial charge >= 0.3 is 5.69 Å². The molecule has 1 aromatic heterocycles. The molecule has 0 aliphatic rings. The van der Waals surface area contributed by atoms with E-state index in [0.717, 1.165) is 16.8 Å². The number of fused-ring (bicyclic) bond motifs is 1. The van der Waals surface area contributed by atoms with Gasteiger partial charge in [0, 0.05) is 26.6 Å². The maximum atomic E-state index is 12.6. The molecule has 0 unspecified atom stereocenters. The number of rotatable bonds is 8. The summed E-state index contributed by atoms with van der Waals surface area (Å²) in [6.07, 6.45) is 0.276. The van der Waals surface area contributed by atoms with Crippen LogP contribution < -0.4 is 10.4 Å². The number of carbonyl (C=O) groups excluding carboxylic acids is 1. The number of hydrogen-bond donors (Lipinski definition) is 0. The second kappa shape index (κ2) is 8.78. The minimum Gasteiger partial charge on any atom is -0.492 e. The van der Waals surface area contributed by atoms with Gasteiger partial charge in [-0.1, -0.05) is 29.8 Å². The molecule has 2 aromatic carbocycles. The number of aromatic nitrogens is 2. The van der Waals surface area contributed by atoms with E-state index in [1.165, 1.54) is 5.56 Å². The van der Waals surface area contributed by atoms with Gasteiger partial charge in [-0.3, -0.25) is 13.9 Å². The first-order chi connectivity index (χ1) is 13.5. The Morgan fingerprint density at radius 3 is 2.32 bits per heavy atom. The number of likely N-dealkylation sites (N-methyl/N-ethyl adjacent to an activating group) is 1. The third-order valence-corrected chi connectivity index (χ3v) is 4.93. The normalized spacial score (nSPS) is 11.0. The molecule has 28 heavy (non-hydrogen) atoms. The molecule has 0 saturated heterocycles. The number of carbonyl (C=O) groups is 1. The van der Waals surface area contributed by atoms with Crippen LogP contribution in [0.4, 0.5) is 0 Å². The molecule has 1 amide bonds. The average Bonchev–Trinajstić information content (AvgIpc) is 2.98. The Hall–Kier alpha value is -3.02. The van der Waals surface area contributed by atoms with Gasteiger partial charge in [-0.2, -0.15) is 0 Å². The van der Waals surface area contributed by atoms with Crippen LogP contribution in [0.5, 0.6) is 5.75 Å². The van der Waals surface area contributed by atoms with Crippen molar-refractivity contribution in [3.63, 3.8) is 0 Å². The zero-order chi connectivity index (χ0) is 20.1. The Labute approximate surface area is 164 Å². The quantitative estimate of drug-likeness (QED) is 0.603. The van der Waals surface area contributed by atoms with Crippen LogP contribution in [0.25, 0.3) is 11.0 Å². The van der Waals surface area contributed by atoms with Crippen molar-refractivity contribution in [3.05, 3.63) is 64.6 Å². The molecule has 1 heterocycles. The Balaban J connectivity index is 1.56. The van der Waals surface area contributed by atoms with Crippen molar-refractivity contribution < 1.29 is 9.53 Å². The molecule has 0 bridgehead atoms. The zero-order valence-corrected chi connectivity index (χ0v) is 16.7. The van der Waals surface area contributed by atoms with Crippen LogP contribution in [-0.2, 0) is 17.9 Å². The molecular formula is C22H27N3O3.